The number of nitrogens with one attached hydrogen (secondary N) is 3. The van der Waals surface area contributed by atoms with Gasteiger partial charge < -0.3 is 20.9 Å². The molecule has 4 rings (SSSR count). The smallest absolute Gasteiger partial charge is 0.319 e. The highest BCUT2D eigenvalue weighted by atomic mass is 35.5. The van der Waals surface area contributed by atoms with Crippen LogP contribution in [0, 0.1) is 0 Å². The van der Waals surface area contributed by atoms with Crippen LogP contribution >= 0.6 is 11.6 Å². The third-order valence-electron chi connectivity index (χ3n) is 4.53. The van der Waals surface area contributed by atoms with E-state index < -0.39 is 0 Å². The van der Waals surface area contributed by atoms with Gasteiger partial charge in [0.1, 0.15) is 6.04 Å². The van der Waals surface area contributed by atoms with E-state index in [9.17, 15) is 9.59 Å². The number of halogens is 1. The second-order valence-electron chi connectivity index (χ2n) is 6.19. The maximum Gasteiger partial charge on any atom is 0.319 e. The zero-order valence-electron chi connectivity index (χ0n) is 13.3. The number of amides is 3. The van der Waals surface area contributed by atoms with Gasteiger partial charge in [0.05, 0.1) is 28.1 Å². The Hall–Kier alpha value is -2.73. The summed E-state index contributed by atoms with van der Waals surface area (Å²) in [4.78, 5) is 26.6. The average Bonchev–Trinajstić information content (AvgIpc) is 3.01. The van der Waals surface area contributed by atoms with Gasteiger partial charge in [-0.3, -0.25) is 4.79 Å². The average molecular weight is 357 g/mol. The van der Waals surface area contributed by atoms with Gasteiger partial charge >= 0.3 is 6.03 Å². The molecule has 2 atom stereocenters. The summed E-state index contributed by atoms with van der Waals surface area (Å²) >= 11 is 6.06. The minimum Gasteiger partial charge on any atom is -0.356 e. The maximum atomic E-state index is 12.3. The van der Waals surface area contributed by atoms with Gasteiger partial charge in [-0.05, 0) is 30.7 Å². The Kier molecular flexibility index (Phi) is 3.97. The molecule has 2 aromatic rings. The molecule has 0 saturated carbocycles. The van der Waals surface area contributed by atoms with E-state index in [-0.39, 0.29) is 24.0 Å². The van der Waals surface area contributed by atoms with E-state index in [1.165, 1.54) is 0 Å². The first-order chi connectivity index (χ1) is 12.1. The SMILES string of the molecule is O=C(Nc1ccccc1Cl)NC1CC2C(=O)Nc3ccccc3N2C1. The van der Waals surface area contributed by atoms with Crippen LogP contribution in [0.15, 0.2) is 48.5 Å². The van der Waals surface area contributed by atoms with Gasteiger partial charge in [-0.1, -0.05) is 35.9 Å². The highest BCUT2D eigenvalue weighted by Crippen LogP contribution is 2.36. The number of hydrogen-bond acceptors (Lipinski definition) is 3. The van der Waals surface area contributed by atoms with Crippen LogP contribution in [0.25, 0.3) is 0 Å². The van der Waals surface area contributed by atoms with Gasteiger partial charge in [-0.25, -0.2) is 4.79 Å². The molecule has 3 amide bonds. The van der Waals surface area contributed by atoms with Crippen molar-refractivity contribution in [2.75, 3.05) is 22.1 Å². The number of urea groups is 1. The summed E-state index contributed by atoms with van der Waals surface area (Å²) < 4.78 is 0. The quantitative estimate of drug-likeness (QED) is 0.774. The molecular formula is C18H17ClN4O2. The zero-order chi connectivity index (χ0) is 17.4. The molecule has 2 unspecified atom stereocenters. The molecule has 0 aliphatic carbocycles. The third-order valence-corrected chi connectivity index (χ3v) is 4.86. The van der Waals surface area contributed by atoms with Crippen molar-refractivity contribution < 1.29 is 9.59 Å². The van der Waals surface area contributed by atoms with Crippen LogP contribution in [0.1, 0.15) is 6.42 Å². The molecule has 1 saturated heterocycles. The summed E-state index contributed by atoms with van der Waals surface area (Å²) in [5.74, 6) is -0.0329. The van der Waals surface area contributed by atoms with Gasteiger partial charge in [0.15, 0.2) is 0 Å². The second-order valence-corrected chi connectivity index (χ2v) is 6.59. The molecule has 128 valence electrons. The highest BCUT2D eigenvalue weighted by Gasteiger charge is 2.41. The maximum absolute atomic E-state index is 12.3. The summed E-state index contributed by atoms with van der Waals surface area (Å²) in [5, 5.41) is 9.09. The van der Waals surface area contributed by atoms with Gasteiger partial charge in [-0.2, -0.15) is 0 Å². The van der Waals surface area contributed by atoms with Crippen molar-refractivity contribution in [1.82, 2.24) is 5.32 Å². The number of hydrogen-bond donors (Lipinski definition) is 3. The van der Waals surface area contributed by atoms with Gasteiger partial charge in [-0.15, -0.1) is 0 Å². The molecule has 2 aromatic carbocycles. The molecule has 0 aromatic heterocycles. The Bertz CT molecular complexity index is 841. The van der Waals surface area contributed by atoms with E-state index in [1.54, 1.807) is 24.3 Å². The molecule has 2 aliphatic rings. The fraction of sp³-hybridized carbons (Fsp3) is 0.222. The molecule has 7 heteroatoms. The molecular weight excluding hydrogens is 340 g/mol. The molecule has 25 heavy (non-hydrogen) atoms. The molecule has 3 N–H and O–H groups in total. The van der Waals surface area contributed by atoms with Crippen molar-refractivity contribution >= 4 is 40.6 Å². The monoisotopic (exact) mass is 356 g/mol. The third kappa shape index (κ3) is 3.00. The van der Waals surface area contributed by atoms with Crippen molar-refractivity contribution in [2.45, 2.75) is 18.5 Å². The van der Waals surface area contributed by atoms with Crippen molar-refractivity contribution in [3.05, 3.63) is 53.6 Å². The zero-order valence-corrected chi connectivity index (χ0v) is 14.1. The number of fused-ring (bicyclic) bond motifs is 3. The first kappa shape index (κ1) is 15.8. The van der Waals surface area contributed by atoms with Crippen LogP contribution in [0.5, 0.6) is 0 Å². The summed E-state index contributed by atoms with van der Waals surface area (Å²) in [5.41, 5.74) is 2.35. The molecule has 0 radical (unpaired) electrons. The van der Waals surface area contributed by atoms with Gasteiger partial charge in [0.25, 0.3) is 0 Å². The molecule has 0 spiro atoms. The van der Waals surface area contributed by atoms with E-state index in [1.807, 2.05) is 24.3 Å². The van der Waals surface area contributed by atoms with E-state index in [0.29, 0.717) is 23.7 Å². The standard InChI is InChI=1S/C18H17ClN4O2/c19-12-5-1-2-6-13(12)22-18(25)20-11-9-16-17(24)21-14-7-3-4-8-15(14)23(16)10-11/h1-8,11,16H,9-10H2,(H,21,24)(H2,20,22,25). The first-order valence-electron chi connectivity index (χ1n) is 8.10. The van der Waals surface area contributed by atoms with Gasteiger partial charge in [0, 0.05) is 6.54 Å². The van der Waals surface area contributed by atoms with Crippen molar-refractivity contribution in [3.63, 3.8) is 0 Å². The van der Waals surface area contributed by atoms with Crippen LogP contribution < -0.4 is 20.9 Å². The number of rotatable bonds is 2. The lowest BCUT2D eigenvalue weighted by atomic mass is 10.1. The van der Waals surface area contributed by atoms with E-state index in [4.69, 9.17) is 11.6 Å². The minimum atomic E-state index is -0.327. The van der Waals surface area contributed by atoms with E-state index >= 15 is 0 Å². The lowest BCUT2D eigenvalue weighted by Gasteiger charge is -2.32. The molecule has 6 nitrogen and oxygen atoms in total. The molecule has 2 heterocycles. The molecule has 1 fully saturated rings. The lowest BCUT2D eigenvalue weighted by Crippen LogP contribution is -2.44. The number of carbonyl (C=O) groups is 2. The number of para-hydroxylation sites is 3. The Morgan fingerprint density at radius 3 is 2.76 bits per heavy atom. The minimum absolute atomic E-state index is 0.0329. The van der Waals surface area contributed by atoms with Crippen LogP contribution in [0.4, 0.5) is 21.9 Å². The van der Waals surface area contributed by atoms with Crippen molar-refractivity contribution in [1.29, 1.82) is 0 Å². The largest absolute Gasteiger partial charge is 0.356 e. The number of nitrogens with zero attached hydrogens (tertiary/aromatic N) is 1. The fourth-order valence-electron chi connectivity index (χ4n) is 3.41. The normalized spacial score (nSPS) is 21.2. The lowest BCUT2D eigenvalue weighted by molar-refractivity contribution is -0.117. The van der Waals surface area contributed by atoms with Crippen molar-refractivity contribution in [2.24, 2.45) is 0 Å². The fourth-order valence-corrected chi connectivity index (χ4v) is 3.59. The Labute approximate surface area is 150 Å². The summed E-state index contributed by atoms with van der Waals surface area (Å²) in [6.07, 6.45) is 0.566. The topological polar surface area (TPSA) is 73.5 Å². The van der Waals surface area contributed by atoms with Crippen LogP contribution in [0.2, 0.25) is 5.02 Å². The highest BCUT2D eigenvalue weighted by molar-refractivity contribution is 6.33. The number of carbonyl (C=O) groups excluding carboxylic acids is 2. The summed E-state index contributed by atoms with van der Waals surface area (Å²) in [6.45, 7) is 0.588. The summed E-state index contributed by atoms with van der Waals surface area (Å²) in [6, 6.07) is 14.0. The van der Waals surface area contributed by atoms with E-state index in [0.717, 1.165) is 11.4 Å². The van der Waals surface area contributed by atoms with Crippen molar-refractivity contribution in [3.8, 4) is 0 Å². The van der Waals surface area contributed by atoms with Gasteiger partial charge in [0.2, 0.25) is 5.91 Å². The Balaban J connectivity index is 1.45. The molecule has 2 aliphatic heterocycles. The van der Waals surface area contributed by atoms with Crippen LogP contribution in [-0.2, 0) is 4.79 Å². The Morgan fingerprint density at radius 1 is 1.16 bits per heavy atom. The predicted molar refractivity (Wildman–Crippen MR) is 98.2 cm³/mol. The molecule has 0 bridgehead atoms. The predicted octanol–water partition coefficient (Wildman–Crippen LogP) is 3.06. The van der Waals surface area contributed by atoms with E-state index in [2.05, 4.69) is 20.9 Å². The first-order valence-corrected chi connectivity index (χ1v) is 8.48. The van der Waals surface area contributed by atoms with Crippen LogP contribution in [0.3, 0.4) is 0 Å². The van der Waals surface area contributed by atoms with Crippen LogP contribution in [-0.4, -0.2) is 30.6 Å². The summed E-state index contributed by atoms with van der Waals surface area (Å²) in [7, 11) is 0. The Morgan fingerprint density at radius 2 is 1.92 bits per heavy atom. The number of benzene rings is 2. The number of anilines is 3. The second kappa shape index (κ2) is 6.29.